The number of fused-ring (bicyclic) bond motifs is 4. The molecule has 3 aliphatic rings. The van der Waals surface area contributed by atoms with Gasteiger partial charge in [-0.25, -0.2) is 0 Å². The van der Waals surface area contributed by atoms with Gasteiger partial charge in [0, 0.05) is 22.8 Å². The quantitative estimate of drug-likeness (QED) is 0.679. The lowest BCUT2D eigenvalue weighted by Gasteiger charge is -2.44. The van der Waals surface area contributed by atoms with Crippen LogP contribution in [-0.4, -0.2) is 42.8 Å². The molecule has 0 unspecified atom stereocenters. The minimum atomic E-state index is 0.0458. The second-order valence-corrected chi connectivity index (χ2v) is 8.91. The third-order valence-electron chi connectivity index (χ3n) is 6.07. The molecule has 142 valence electrons. The van der Waals surface area contributed by atoms with Gasteiger partial charge in [-0.1, -0.05) is 30.3 Å². The second-order valence-electron chi connectivity index (χ2n) is 7.82. The van der Waals surface area contributed by atoms with E-state index in [1.165, 1.54) is 37.3 Å². The molecular formula is C23H22N2O2S. The maximum atomic E-state index is 12.8. The molecule has 0 radical (unpaired) electrons. The van der Waals surface area contributed by atoms with Crippen LogP contribution in [0.4, 0.5) is 0 Å². The van der Waals surface area contributed by atoms with Crippen LogP contribution in [0.25, 0.3) is 21.2 Å². The standard InChI is InChI=1S/C23H22N2O2S/c26-14-15-2-1-3-17(10-15)18-4-5-19-12-22(28-21(19)11-18)23(27)24-20-13-25-8-6-16(20)7-9-25/h1-5,10-12,14,16,20H,6-9,13H2,(H,24,27)/t20-/m0/s1. The van der Waals surface area contributed by atoms with Crippen LogP contribution in [0.3, 0.4) is 0 Å². The van der Waals surface area contributed by atoms with Crippen LogP contribution in [-0.2, 0) is 0 Å². The molecule has 4 nitrogen and oxygen atoms in total. The van der Waals surface area contributed by atoms with E-state index >= 15 is 0 Å². The van der Waals surface area contributed by atoms with E-state index < -0.39 is 0 Å². The highest BCUT2D eigenvalue weighted by Gasteiger charge is 2.35. The average molecular weight is 391 g/mol. The number of hydrogen-bond donors (Lipinski definition) is 1. The van der Waals surface area contributed by atoms with Crippen LogP contribution in [0.2, 0.25) is 0 Å². The molecule has 1 aromatic heterocycles. The number of carbonyl (C=O) groups excluding carboxylic acids is 2. The Morgan fingerprint density at radius 2 is 1.89 bits per heavy atom. The molecule has 0 spiro atoms. The number of rotatable bonds is 4. The highest BCUT2D eigenvalue weighted by molar-refractivity contribution is 7.20. The number of nitrogens with one attached hydrogen (secondary N) is 1. The first-order chi connectivity index (χ1) is 13.7. The highest BCUT2D eigenvalue weighted by Crippen LogP contribution is 2.32. The normalized spacial score (nSPS) is 23.6. The Labute approximate surface area is 168 Å². The first-order valence-corrected chi connectivity index (χ1v) is 10.6. The van der Waals surface area contributed by atoms with Gasteiger partial charge in [0.25, 0.3) is 5.91 Å². The lowest BCUT2D eigenvalue weighted by Crippen LogP contribution is -2.57. The molecule has 4 heterocycles. The van der Waals surface area contributed by atoms with Gasteiger partial charge >= 0.3 is 0 Å². The Hall–Kier alpha value is -2.50. The van der Waals surface area contributed by atoms with Crippen molar-refractivity contribution in [3.8, 4) is 11.1 Å². The zero-order chi connectivity index (χ0) is 19.1. The van der Waals surface area contributed by atoms with E-state index in [2.05, 4.69) is 22.3 Å². The number of benzene rings is 2. The Morgan fingerprint density at radius 1 is 1.07 bits per heavy atom. The van der Waals surface area contributed by atoms with Gasteiger partial charge in [0.1, 0.15) is 6.29 Å². The van der Waals surface area contributed by atoms with Gasteiger partial charge in [-0.05, 0) is 66.6 Å². The largest absolute Gasteiger partial charge is 0.347 e. The van der Waals surface area contributed by atoms with Crippen molar-refractivity contribution in [3.05, 3.63) is 59.0 Å². The van der Waals surface area contributed by atoms with Crippen LogP contribution in [0.1, 0.15) is 32.9 Å². The highest BCUT2D eigenvalue weighted by atomic mass is 32.1. The van der Waals surface area contributed by atoms with Gasteiger partial charge < -0.3 is 10.2 Å². The fourth-order valence-corrected chi connectivity index (χ4v) is 5.49. The van der Waals surface area contributed by atoms with Crippen LogP contribution in [0.15, 0.2) is 48.5 Å². The molecule has 1 amide bonds. The van der Waals surface area contributed by atoms with E-state index in [9.17, 15) is 9.59 Å². The summed E-state index contributed by atoms with van der Waals surface area (Å²) in [7, 11) is 0. The number of nitrogens with zero attached hydrogens (tertiary/aromatic N) is 1. The smallest absolute Gasteiger partial charge is 0.261 e. The Balaban J connectivity index is 1.38. The van der Waals surface area contributed by atoms with Crippen LogP contribution >= 0.6 is 11.3 Å². The number of thiophene rings is 1. The molecular weight excluding hydrogens is 368 g/mol. The molecule has 0 saturated carbocycles. The number of aldehydes is 1. The summed E-state index contributed by atoms with van der Waals surface area (Å²) in [4.78, 5) is 27.1. The number of amides is 1. The van der Waals surface area contributed by atoms with Crippen LogP contribution in [0.5, 0.6) is 0 Å². The van der Waals surface area contributed by atoms with E-state index in [4.69, 9.17) is 0 Å². The molecule has 2 bridgehead atoms. The Kier molecular flexibility index (Phi) is 4.49. The van der Waals surface area contributed by atoms with E-state index in [0.29, 0.717) is 11.5 Å². The van der Waals surface area contributed by atoms with Gasteiger partial charge in [0.05, 0.1) is 4.88 Å². The predicted molar refractivity (Wildman–Crippen MR) is 113 cm³/mol. The summed E-state index contributed by atoms with van der Waals surface area (Å²) in [6.45, 7) is 3.33. The second kappa shape index (κ2) is 7.15. The summed E-state index contributed by atoms with van der Waals surface area (Å²) in [6, 6.07) is 16.1. The van der Waals surface area contributed by atoms with Crippen molar-refractivity contribution in [2.45, 2.75) is 18.9 Å². The summed E-state index contributed by atoms with van der Waals surface area (Å²) in [5.74, 6) is 0.671. The topological polar surface area (TPSA) is 49.4 Å². The third kappa shape index (κ3) is 3.25. The maximum Gasteiger partial charge on any atom is 0.261 e. The van der Waals surface area contributed by atoms with Crippen molar-refractivity contribution in [1.82, 2.24) is 10.2 Å². The number of hydrogen-bond acceptors (Lipinski definition) is 4. The fourth-order valence-electron chi connectivity index (χ4n) is 4.48. The van der Waals surface area contributed by atoms with Gasteiger partial charge in [-0.15, -0.1) is 11.3 Å². The molecule has 1 N–H and O–H groups in total. The van der Waals surface area contributed by atoms with Gasteiger partial charge in [0.2, 0.25) is 0 Å². The molecule has 6 rings (SSSR count). The summed E-state index contributed by atoms with van der Waals surface area (Å²) in [5, 5.41) is 4.36. The molecule has 1 atom stereocenters. The van der Waals surface area contributed by atoms with Crippen molar-refractivity contribution in [2.24, 2.45) is 5.92 Å². The molecule has 3 fully saturated rings. The number of piperidine rings is 3. The molecule has 2 aromatic carbocycles. The molecule has 28 heavy (non-hydrogen) atoms. The summed E-state index contributed by atoms with van der Waals surface area (Å²) in [5.41, 5.74) is 2.74. The molecule has 0 aliphatic carbocycles. The lowest BCUT2D eigenvalue weighted by molar-refractivity contribution is 0.0622. The predicted octanol–water partition coefficient (Wildman–Crippen LogP) is 4.20. The lowest BCUT2D eigenvalue weighted by atomic mass is 9.84. The van der Waals surface area contributed by atoms with Gasteiger partial charge in [0.15, 0.2) is 0 Å². The van der Waals surface area contributed by atoms with Crippen LogP contribution < -0.4 is 5.32 Å². The first kappa shape index (κ1) is 17.6. The molecule has 3 aromatic rings. The summed E-state index contributed by atoms with van der Waals surface area (Å²) < 4.78 is 1.09. The SMILES string of the molecule is O=Cc1cccc(-c2ccc3cc(C(=O)N[C@H]4CN5CCC4CC5)sc3c2)c1. The Morgan fingerprint density at radius 3 is 2.64 bits per heavy atom. The molecule has 3 saturated heterocycles. The fraction of sp³-hybridized carbons (Fsp3) is 0.304. The van der Waals surface area contributed by atoms with Gasteiger partial charge in [-0.2, -0.15) is 0 Å². The average Bonchev–Trinajstić information content (AvgIpc) is 3.18. The Bertz CT molecular complexity index is 1050. The van der Waals surface area contributed by atoms with Crippen molar-refractivity contribution in [1.29, 1.82) is 0 Å². The van der Waals surface area contributed by atoms with E-state index in [1.54, 1.807) is 6.07 Å². The third-order valence-corrected chi connectivity index (χ3v) is 7.17. The maximum absolute atomic E-state index is 12.8. The van der Waals surface area contributed by atoms with Gasteiger partial charge in [-0.3, -0.25) is 9.59 Å². The zero-order valence-electron chi connectivity index (χ0n) is 15.6. The monoisotopic (exact) mass is 390 g/mol. The minimum absolute atomic E-state index is 0.0458. The van der Waals surface area contributed by atoms with E-state index in [-0.39, 0.29) is 11.9 Å². The van der Waals surface area contributed by atoms with Crippen LogP contribution in [0, 0.1) is 5.92 Å². The summed E-state index contributed by atoms with van der Waals surface area (Å²) >= 11 is 1.54. The van der Waals surface area contributed by atoms with E-state index in [1.807, 2.05) is 30.3 Å². The molecule has 5 heteroatoms. The zero-order valence-corrected chi connectivity index (χ0v) is 16.4. The van der Waals surface area contributed by atoms with Crippen molar-refractivity contribution < 1.29 is 9.59 Å². The first-order valence-electron chi connectivity index (χ1n) is 9.82. The number of carbonyl (C=O) groups is 2. The van der Waals surface area contributed by atoms with E-state index in [0.717, 1.165) is 38.9 Å². The van der Waals surface area contributed by atoms with Crippen molar-refractivity contribution >= 4 is 33.6 Å². The molecule has 3 aliphatic heterocycles. The van der Waals surface area contributed by atoms with Crippen molar-refractivity contribution in [3.63, 3.8) is 0 Å². The summed E-state index contributed by atoms with van der Waals surface area (Å²) in [6.07, 6.45) is 3.26. The minimum Gasteiger partial charge on any atom is -0.347 e. The van der Waals surface area contributed by atoms with Crippen molar-refractivity contribution in [2.75, 3.05) is 19.6 Å².